The molecule has 6 heteroatoms. The highest BCUT2D eigenvalue weighted by molar-refractivity contribution is 5.85. The van der Waals surface area contributed by atoms with Crippen molar-refractivity contribution in [1.82, 2.24) is 10.2 Å². The summed E-state index contributed by atoms with van der Waals surface area (Å²) in [5, 5.41) is 13.2. The molecule has 0 aromatic carbocycles. The number of aliphatic hydroxyl groups is 1. The van der Waals surface area contributed by atoms with E-state index >= 15 is 0 Å². The molecule has 1 atom stereocenters. The van der Waals surface area contributed by atoms with Crippen LogP contribution in [0, 0.1) is 0 Å². The molecule has 0 aromatic heterocycles. The Labute approximate surface area is 167 Å². The highest BCUT2D eigenvalue weighted by Crippen LogP contribution is 2.37. The van der Waals surface area contributed by atoms with Gasteiger partial charge in [0.2, 0.25) is 5.91 Å². The highest BCUT2D eigenvalue weighted by Gasteiger charge is 2.24. The van der Waals surface area contributed by atoms with Crippen molar-refractivity contribution in [3.05, 3.63) is 30.2 Å². The molecule has 0 radical (unpaired) electrons. The van der Waals surface area contributed by atoms with Gasteiger partial charge in [0.05, 0.1) is 25.6 Å². The summed E-state index contributed by atoms with van der Waals surface area (Å²) >= 11 is 0. The van der Waals surface area contributed by atoms with Crippen molar-refractivity contribution in [2.75, 3.05) is 19.7 Å². The first kappa shape index (κ1) is 20.7. The zero-order valence-electron chi connectivity index (χ0n) is 17.2. The first-order valence-electron chi connectivity index (χ1n) is 10.2. The number of amides is 1. The fourth-order valence-electron chi connectivity index (χ4n) is 3.70. The molecule has 1 amide bonds. The van der Waals surface area contributed by atoms with E-state index in [4.69, 9.17) is 9.15 Å². The second-order valence-corrected chi connectivity index (χ2v) is 8.58. The van der Waals surface area contributed by atoms with E-state index in [0.717, 1.165) is 42.6 Å². The molecule has 28 heavy (non-hydrogen) atoms. The van der Waals surface area contributed by atoms with Crippen LogP contribution in [0.1, 0.15) is 52.0 Å². The van der Waals surface area contributed by atoms with Crippen molar-refractivity contribution in [3.8, 4) is 16.9 Å². The fraction of sp³-hybridized carbons (Fsp3) is 0.591. The van der Waals surface area contributed by atoms with Gasteiger partial charge < -0.3 is 19.2 Å². The Morgan fingerprint density at radius 1 is 1.32 bits per heavy atom. The fourth-order valence-corrected chi connectivity index (χ4v) is 3.70. The van der Waals surface area contributed by atoms with Crippen molar-refractivity contribution >= 4 is 5.91 Å². The molecule has 0 aromatic rings. The number of likely N-dealkylation sites (tertiary alicyclic amines) is 1. The summed E-state index contributed by atoms with van der Waals surface area (Å²) in [5.74, 6) is 0.844. The van der Waals surface area contributed by atoms with Gasteiger partial charge in [-0.05, 0) is 57.7 Å². The van der Waals surface area contributed by atoms with Crippen molar-refractivity contribution < 1.29 is 19.1 Å². The molecule has 3 rings (SSSR count). The summed E-state index contributed by atoms with van der Waals surface area (Å²) in [6.45, 7) is 8.07. The number of nitrogens with zero attached hydrogens (tertiary/aromatic N) is 1. The third-order valence-corrected chi connectivity index (χ3v) is 5.01. The minimum atomic E-state index is -0.641. The number of ether oxygens (including phenoxy) is 1. The minimum absolute atomic E-state index is 0.146. The van der Waals surface area contributed by atoms with E-state index in [2.05, 4.69) is 5.32 Å². The third-order valence-electron chi connectivity index (χ3n) is 5.01. The lowest BCUT2D eigenvalue weighted by atomic mass is 10.1. The molecular weight excluding hydrogens is 356 g/mol. The van der Waals surface area contributed by atoms with Gasteiger partial charge in [0.15, 0.2) is 0 Å². The first-order chi connectivity index (χ1) is 13.3. The van der Waals surface area contributed by atoms with Crippen LogP contribution in [0.3, 0.4) is 0 Å². The maximum absolute atomic E-state index is 12.8. The Kier molecular flexibility index (Phi) is 6.62. The summed E-state index contributed by atoms with van der Waals surface area (Å²) < 4.78 is 11.3. The van der Waals surface area contributed by atoms with Crippen LogP contribution in [0.2, 0.25) is 0 Å². The van der Waals surface area contributed by atoms with Crippen LogP contribution in [0.25, 0.3) is 11.1 Å². The predicted octanol–water partition coefficient (Wildman–Crippen LogP) is 3.41. The van der Waals surface area contributed by atoms with Crippen LogP contribution in [0.4, 0.5) is 0 Å². The van der Waals surface area contributed by atoms with E-state index in [9.17, 15) is 9.90 Å². The highest BCUT2D eigenvalue weighted by atomic mass is 16.5. The number of nitrogens with one attached hydrogen (secondary N) is 1. The van der Waals surface area contributed by atoms with Gasteiger partial charge in [0.1, 0.15) is 12.0 Å². The molecule has 2 N–H and O–H groups in total. The SMILES string of the molecule is CC(C)(C)NC(O)CCOc1cc2coccc-2c1CC(=O)N1CCCCC1. The van der Waals surface area contributed by atoms with Crippen molar-refractivity contribution in [2.45, 2.75) is 64.6 Å². The minimum Gasteiger partial charge on any atom is -0.493 e. The molecule has 154 valence electrons. The van der Waals surface area contributed by atoms with Crippen LogP contribution in [-0.2, 0) is 11.2 Å². The van der Waals surface area contributed by atoms with Crippen LogP contribution in [-0.4, -0.2) is 47.4 Å². The lowest BCUT2D eigenvalue weighted by Crippen LogP contribution is -2.44. The molecule has 1 aliphatic carbocycles. The Morgan fingerprint density at radius 3 is 2.79 bits per heavy atom. The van der Waals surface area contributed by atoms with E-state index in [1.54, 1.807) is 12.5 Å². The smallest absolute Gasteiger partial charge is 0.227 e. The maximum Gasteiger partial charge on any atom is 0.227 e. The Hall–Kier alpha value is -2.05. The topological polar surface area (TPSA) is 74.9 Å². The summed E-state index contributed by atoms with van der Waals surface area (Å²) in [7, 11) is 0. The average Bonchev–Trinajstić information content (AvgIpc) is 2.98. The normalized spacial score (nSPS) is 16.4. The largest absolute Gasteiger partial charge is 0.493 e. The quantitative estimate of drug-likeness (QED) is 0.711. The van der Waals surface area contributed by atoms with Crippen LogP contribution < -0.4 is 10.1 Å². The van der Waals surface area contributed by atoms with E-state index in [1.807, 2.05) is 37.8 Å². The van der Waals surface area contributed by atoms with Gasteiger partial charge in [-0.1, -0.05) is 0 Å². The lowest BCUT2D eigenvalue weighted by molar-refractivity contribution is -0.131. The summed E-state index contributed by atoms with van der Waals surface area (Å²) in [6, 6.07) is 3.80. The van der Waals surface area contributed by atoms with E-state index in [0.29, 0.717) is 25.2 Å². The predicted molar refractivity (Wildman–Crippen MR) is 108 cm³/mol. The van der Waals surface area contributed by atoms with Crippen LogP contribution >= 0.6 is 0 Å². The van der Waals surface area contributed by atoms with E-state index < -0.39 is 6.23 Å². The standard InChI is InChI=1S/C22H32N2O4/c1-22(2,3)23-20(25)8-12-28-19-13-16-15-27-11-7-17(16)18(19)14-21(26)24-9-5-4-6-10-24/h7,11,13,15,20,23,25H,4-6,8-10,12,14H2,1-3H3. The molecule has 1 fully saturated rings. The average molecular weight is 389 g/mol. The number of hydrogen-bond donors (Lipinski definition) is 2. The van der Waals surface area contributed by atoms with Gasteiger partial charge >= 0.3 is 0 Å². The molecule has 3 aliphatic rings. The Balaban J connectivity index is 1.68. The Bertz CT molecular complexity index is 743. The molecule has 0 spiro atoms. The number of hydrogen-bond acceptors (Lipinski definition) is 5. The summed E-state index contributed by atoms with van der Waals surface area (Å²) in [4.78, 5) is 14.8. The monoisotopic (exact) mass is 388 g/mol. The molecule has 1 unspecified atom stereocenters. The molecule has 0 bridgehead atoms. The second kappa shape index (κ2) is 8.97. The summed E-state index contributed by atoms with van der Waals surface area (Å²) in [5.41, 5.74) is 2.65. The Morgan fingerprint density at radius 2 is 2.07 bits per heavy atom. The molecule has 2 aliphatic heterocycles. The van der Waals surface area contributed by atoms with Gasteiger partial charge in [0, 0.05) is 36.2 Å². The van der Waals surface area contributed by atoms with E-state index in [1.165, 1.54) is 6.42 Å². The third kappa shape index (κ3) is 5.49. The van der Waals surface area contributed by atoms with Gasteiger partial charge in [-0.3, -0.25) is 10.1 Å². The zero-order chi connectivity index (χ0) is 20.1. The van der Waals surface area contributed by atoms with Gasteiger partial charge in [-0.15, -0.1) is 0 Å². The molecule has 6 nitrogen and oxygen atoms in total. The molecule has 2 heterocycles. The maximum atomic E-state index is 12.8. The number of piperidine rings is 1. The molecule has 1 saturated heterocycles. The summed E-state index contributed by atoms with van der Waals surface area (Å²) in [6.07, 6.45) is 6.80. The van der Waals surface area contributed by atoms with Gasteiger partial charge in [0.25, 0.3) is 0 Å². The molecular formula is C22H32N2O4. The van der Waals surface area contributed by atoms with Crippen molar-refractivity contribution in [2.24, 2.45) is 0 Å². The first-order valence-corrected chi connectivity index (χ1v) is 10.2. The van der Waals surface area contributed by atoms with Gasteiger partial charge in [-0.25, -0.2) is 0 Å². The van der Waals surface area contributed by atoms with Crippen molar-refractivity contribution in [1.29, 1.82) is 0 Å². The van der Waals surface area contributed by atoms with Crippen LogP contribution in [0.15, 0.2) is 29.1 Å². The van der Waals surface area contributed by atoms with Crippen LogP contribution in [0.5, 0.6) is 5.75 Å². The van der Waals surface area contributed by atoms with Crippen molar-refractivity contribution in [3.63, 3.8) is 0 Å². The number of rotatable bonds is 7. The number of aliphatic hydroxyl groups excluding tert-OH is 1. The van der Waals surface area contributed by atoms with E-state index in [-0.39, 0.29) is 11.4 Å². The molecule has 0 saturated carbocycles. The lowest BCUT2D eigenvalue weighted by Gasteiger charge is -2.27. The van der Waals surface area contributed by atoms with Gasteiger partial charge in [-0.2, -0.15) is 0 Å². The number of fused-ring (bicyclic) bond motifs is 1. The zero-order valence-corrected chi connectivity index (χ0v) is 17.2. The number of carbonyl (C=O) groups excluding carboxylic acids is 1. The second-order valence-electron chi connectivity index (χ2n) is 8.58. The number of carbonyl (C=O) groups is 1.